The average Bonchev–Trinajstić information content (AvgIpc) is 3.01. The number of hydrogen-bond donors (Lipinski definition) is 2. The maximum atomic E-state index is 12.4. The molecule has 1 saturated heterocycles. The van der Waals surface area contributed by atoms with Gasteiger partial charge in [0.1, 0.15) is 11.8 Å². The summed E-state index contributed by atoms with van der Waals surface area (Å²) in [5.74, 6) is -1.52. The number of carbonyl (C=O) groups is 3. The van der Waals surface area contributed by atoms with E-state index in [1.54, 1.807) is 38.1 Å². The van der Waals surface area contributed by atoms with Crippen LogP contribution in [0, 0.1) is 5.92 Å². The Hall–Kier alpha value is -2.62. The molecular formula is C19H26N2O7S. The summed E-state index contributed by atoms with van der Waals surface area (Å²) in [6.45, 7) is 2.93. The molecular weight excluding hydrogens is 400 g/mol. The van der Waals surface area contributed by atoms with E-state index in [0.717, 1.165) is 0 Å². The monoisotopic (exact) mass is 426 g/mol. The van der Waals surface area contributed by atoms with Gasteiger partial charge in [-0.3, -0.25) is 9.59 Å². The molecule has 2 atom stereocenters. The number of hydrogen-bond acceptors (Lipinski definition) is 7. The van der Waals surface area contributed by atoms with E-state index in [9.17, 15) is 22.8 Å². The number of ether oxygens (including phenoxy) is 2. The minimum atomic E-state index is -3.12. The standard InChI is InChI=1S/C19H26N2O7S/c1-12(2)17(21-18(23)13-4-6-15(27-3)7-5-13)19(24)28-10-16(22)20-14-8-9-29(25,26)11-14/h4-7,12,14,17H,8-11H2,1-3H3,(H,20,22)(H,21,23). The highest BCUT2D eigenvalue weighted by Gasteiger charge is 2.30. The van der Waals surface area contributed by atoms with Crippen LogP contribution in [0.15, 0.2) is 24.3 Å². The van der Waals surface area contributed by atoms with Gasteiger partial charge in [-0.25, -0.2) is 13.2 Å². The molecule has 1 aliphatic heterocycles. The van der Waals surface area contributed by atoms with E-state index in [-0.39, 0.29) is 17.4 Å². The number of carbonyl (C=O) groups excluding carboxylic acids is 3. The molecule has 0 spiro atoms. The zero-order chi connectivity index (χ0) is 21.6. The van der Waals surface area contributed by atoms with Crippen molar-refractivity contribution in [1.82, 2.24) is 10.6 Å². The fourth-order valence-electron chi connectivity index (χ4n) is 2.87. The third-order valence-corrected chi connectivity index (χ3v) is 6.27. The Bertz CT molecular complexity index is 850. The number of benzene rings is 1. The van der Waals surface area contributed by atoms with Crippen molar-refractivity contribution in [2.75, 3.05) is 25.2 Å². The Labute approximate surface area is 170 Å². The van der Waals surface area contributed by atoms with Gasteiger partial charge < -0.3 is 20.1 Å². The van der Waals surface area contributed by atoms with Crippen LogP contribution < -0.4 is 15.4 Å². The molecule has 9 nitrogen and oxygen atoms in total. The normalized spacial score (nSPS) is 18.7. The number of amides is 2. The Balaban J connectivity index is 1.88. The van der Waals surface area contributed by atoms with Crippen LogP contribution >= 0.6 is 0 Å². The molecule has 0 aromatic heterocycles. The van der Waals surface area contributed by atoms with Crippen LogP contribution in [0.1, 0.15) is 30.6 Å². The van der Waals surface area contributed by atoms with E-state index in [1.807, 2.05) is 0 Å². The Morgan fingerprint density at radius 3 is 2.34 bits per heavy atom. The molecule has 160 valence electrons. The van der Waals surface area contributed by atoms with Gasteiger partial charge in [0.2, 0.25) is 0 Å². The number of methoxy groups -OCH3 is 1. The summed E-state index contributed by atoms with van der Waals surface area (Å²) in [5.41, 5.74) is 0.351. The van der Waals surface area contributed by atoms with Crippen molar-refractivity contribution in [2.24, 2.45) is 5.92 Å². The zero-order valence-electron chi connectivity index (χ0n) is 16.6. The lowest BCUT2D eigenvalue weighted by Crippen LogP contribution is -2.46. The minimum Gasteiger partial charge on any atom is -0.497 e. The van der Waals surface area contributed by atoms with Crippen LogP contribution in [0.5, 0.6) is 5.75 Å². The van der Waals surface area contributed by atoms with E-state index in [2.05, 4.69) is 10.6 Å². The number of esters is 1. The molecule has 1 fully saturated rings. The minimum absolute atomic E-state index is 0.0323. The molecule has 1 heterocycles. The predicted octanol–water partition coefficient (Wildman–Crippen LogP) is 0.296. The zero-order valence-corrected chi connectivity index (χ0v) is 17.5. The van der Waals surface area contributed by atoms with Crippen molar-refractivity contribution in [1.29, 1.82) is 0 Å². The second kappa shape index (κ2) is 9.73. The lowest BCUT2D eigenvalue weighted by molar-refractivity contribution is -0.151. The lowest BCUT2D eigenvalue weighted by atomic mass is 10.0. The summed E-state index contributed by atoms with van der Waals surface area (Å²) in [4.78, 5) is 36.7. The van der Waals surface area contributed by atoms with E-state index in [4.69, 9.17) is 9.47 Å². The average molecular weight is 426 g/mol. The van der Waals surface area contributed by atoms with E-state index < -0.39 is 46.3 Å². The van der Waals surface area contributed by atoms with Gasteiger partial charge in [-0.15, -0.1) is 0 Å². The first kappa shape index (κ1) is 22.7. The fraction of sp³-hybridized carbons (Fsp3) is 0.526. The molecule has 2 rings (SSSR count). The maximum Gasteiger partial charge on any atom is 0.329 e. The maximum absolute atomic E-state index is 12.4. The first-order valence-corrected chi connectivity index (χ1v) is 11.0. The summed E-state index contributed by atoms with van der Waals surface area (Å²) >= 11 is 0. The molecule has 2 unspecified atom stereocenters. The van der Waals surface area contributed by atoms with Crippen LogP contribution in [-0.2, 0) is 24.2 Å². The van der Waals surface area contributed by atoms with Crippen LogP contribution in [-0.4, -0.2) is 63.5 Å². The van der Waals surface area contributed by atoms with Crippen molar-refractivity contribution >= 4 is 27.6 Å². The van der Waals surface area contributed by atoms with Crippen LogP contribution in [0.4, 0.5) is 0 Å². The van der Waals surface area contributed by atoms with Crippen molar-refractivity contribution in [2.45, 2.75) is 32.4 Å². The number of rotatable bonds is 8. The van der Waals surface area contributed by atoms with Crippen molar-refractivity contribution in [3.63, 3.8) is 0 Å². The summed E-state index contributed by atoms with van der Waals surface area (Å²) in [6, 6.07) is 4.99. The van der Waals surface area contributed by atoms with Gasteiger partial charge in [0.15, 0.2) is 16.4 Å². The van der Waals surface area contributed by atoms with Crippen LogP contribution in [0.3, 0.4) is 0 Å². The van der Waals surface area contributed by atoms with Gasteiger partial charge in [0.05, 0.1) is 18.6 Å². The summed E-state index contributed by atoms with van der Waals surface area (Å²) in [6.07, 6.45) is 0.342. The van der Waals surface area contributed by atoms with E-state index in [1.165, 1.54) is 7.11 Å². The molecule has 1 aliphatic rings. The van der Waals surface area contributed by atoms with Gasteiger partial charge in [-0.05, 0) is 36.6 Å². The third-order valence-electron chi connectivity index (χ3n) is 4.50. The third kappa shape index (κ3) is 6.74. The summed E-state index contributed by atoms with van der Waals surface area (Å²) in [5, 5.41) is 5.15. The number of sulfone groups is 1. The molecule has 0 radical (unpaired) electrons. The molecule has 0 saturated carbocycles. The second-order valence-electron chi connectivity index (χ2n) is 7.20. The van der Waals surface area contributed by atoms with Crippen LogP contribution in [0.25, 0.3) is 0 Å². The van der Waals surface area contributed by atoms with E-state index in [0.29, 0.717) is 17.7 Å². The topological polar surface area (TPSA) is 128 Å². The summed E-state index contributed by atoms with van der Waals surface area (Å²) < 4.78 is 32.9. The molecule has 1 aromatic rings. The molecule has 10 heteroatoms. The van der Waals surface area contributed by atoms with Crippen molar-refractivity contribution in [3.05, 3.63) is 29.8 Å². The van der Waals surface area contributed by atoms with E-state index >= 15 is 0 Å². The molecule has 2 amide bonds. The molecule has 2 N–H and O–H groups in total. The first-order valence-electron chi connectivity index (χ1n) is 9.22. The van der Waals surface area contributed by atoms with Gasteiger partial charge in [0, 0.05) is 11.6 Å². The SMILES string of the molecule is COc1ccc(C(=O)NC(C(=O)OCC(=O)NC2CCS(=O)(=O)C2)C(C)C)cc1. The molecule has 1 aromatic carbocycles. The summed E-state index contributed by atoms with van der Waals surface area (Å²) in [7, 11) is -1.60. The smallest absolute Gasteiger partial charge is 0.329 e. The van der Waals surface area contributed by atoms with Gasteiger partial charge >= 0.3 is 5.97 Å². The number of nitrogens with one attached hydrogen (secondary N) is 2. The van der Waals surface area contributed by atoms with Crippen molar-refractivity contribution < 1.29 is 32.3 Å². The molecule has 0 bridgehead atoms. The highest BCUT2D eigenvalue weighted by molar-refractivity contribution is 7.91. The Morgan fingerprint density at radius 1 is 1.17 bits per heavy atom. The quantitative estimate of drug-likeness (QED) is 0.572. The van der Waals surface area contributed by atoms with Gasteiger partial charge in [-0.1, -0.05) is 13.8 Å². The highest BCUT2D eigenvalue weighted by Crippen LogP contribution is 2.13. The van der Waals surface area contributed by atoms with Crippen molar-refractivity contribution in [3.8, 4) is 5.75 Å². The largest absolute Gasteiger partial charge is 0.497 e. The Morgan fingerprint density at radius 2 is 1.83 bits per heavy atom. The molecule has 0 aliphatic carbocycles. The highest BCUT2D eigenvalue weighted by atomic mass is 32.2. The molecule has 29 heavy (non-hydrogen) atoms. The fourth-order valence-corrected chi connectivity index (χ4v) is 4.54. The van der Waals surface area contributed by atoms with Crippen LogP contribution in [0.2, 0.25) is 0 Å². The first-order chi connectivity index (χ1) is 13.6. The van der Waals surface area contributed by atoms with Gasteiger partial charge in [-0.2, -0.15) is 0 Å². The lowest BCUT2D eigenvalue weighted by Gasteiger charge is -2.21. The predicted molar refractivity (Wildman–Crippen MR) is 105 cm³/mol. The second-order valence-corrected chi connectivity index (χ2v) is 9.43. The van der Waals surface area contributed by atoms with Gasteiger partial charge in [0.25, 0.3) is 11.8 Å². The Kier molecular flexibility index (Phi) is 7.60.